The third kappa shape index (κ3) is 5.87. The molecule has 2 N–H and O–H groups in total. The summed E-state index contributed by atoms with van der Waals surface area (Å²) in [6, 6.07) is 1.83. The Morgan fingerprint density at radius 2 is 1.64 bits per heavy atom. The van der Waals surface area contributed by atoms with E-state index in [0.717, 1.165) is 62.9 Å². The summed E-state index contributed by atoms with van der Waals surface area (Å²) in [5.74, 6) is 1.90. The third-order valence-corrected chi connectivity index (χ3v) is 15.5. The highest BCUT2D eigenvalue weighted by Gasteiger charge is 2.69. The molecule has 1 aromatic rings. The van der Waals surface area contributed by atoms with Crippen molar-refractivity contribution in [2.75, 3.05) is 6.54 Å². The molecule has 0 radical (unpaired) electrons. The molecule has 0 bridgehead atoms. The Kier molecular flexibility index (Phi) is 9.74. The van der Waals surface area contributed by atoms with Crippen LogP contribution in [0.4, 0.5) is 0 Å². The third-order valence-electron chi connectivity index (χ3n) is 15.5. The van der Waals surface area contributed by atoms with Gasteiger partial charge in [0.25, 0.3) is 0 Å². The number of ether oxygens (including phenoxy) is 1. The molecule has 50 heavy (non-hydrogen) atoms. The number of nitrogens with one attached hydrogen (secondary N) is 1. The van der Waals surface area contributed by atoms with Gasteiger partial charge in [-0.25, -0.2) is 9.97 Å². The summed E-state index contributed by atoms with van der Waals surface area (Å²) in [6.07, 6.45) is 12.7. The summed E-state index contributed by atoms with van der Waals surface area (Å²) in [5, 5.41) is 13.1. The Morgan fingerprint density at radius 3 is 2.30 bits per heavy atom. The zero-order valence-corrected chi connectivity index (χ0v) is 32.2. The number of ketones is 1. The molecular formula is C42H63N3O5. The van der Waals surface area contributed by atoms with Crippen LogP contribution in [-0.4, -0.2) is 45.4 Å². The first kappa shape index (κ1) is 37.2. The van der Waals surface area contributed by atoms with Crippen molar-refractivity contribution in [1.29, 1.82) is 0 Å². The maximum atomic E-state index is 14.3. The van der Waals surface area contributed by atoms with Gasteiger partial charge in [0.15, 0.2) is 5.78 Å². The molecule has 9 atom stereocenters. The minimum Gasteiger partial charge on any atom is -0.481 e. The first-order chi connectivity index (χ1) is 23.4. The standard InChI is InChI=1S/C42H63N3O5/c1-25(2)34-35-26(27(36(34)47)16-22-43-24-32-44-20-10-21-45-32)13-18-41(8)28(35)11-12-30-40(7)17-15-31(50-33(46)23-38(3,4)37(48)49)39(5,6)29(40)14-19-42(30,41)9/h10,20-21,25-31,43H,11-19,22-24H2,1-9H3,(H,48,49)/t26?,27-,28+,29-,30+,31-,40-,41+,42+/m0/s1. The largest absolute Gasteiger partial charge is 0.481 e. The fourth-order valence-corrected chi connectivity index (χ4v) is 12.7. The molecule has 0 saturated heterocycles. The molecule has 0 aliphatic heterocycles. The Balaban J connectivity index is 1.20. The maximum Gasteiger partial charge on any atom is 0.309 e. The van der Waals surface area contributed by atoms with Crippen molar-refractivity contribution in [3.05, 3.63) is 35.4 Å². The molecule has 0 aromatic carbocycles. The van der Waals surface area contributed by atoms with Gasteiger partial charge in [-0.15, -0.1) is 0 Å². The number of carboxylic acids is 1. The molecule has 0 amide bonds. The number of aromatic nitrogens is 2. The number of carboxylic acid groups (broad SMARTS) is 1. The molecular weight excluding hydrogens is 626 g/mol. The van der Waals surface area contributed by atoms with E-state index in [4.69, 9.17) is 4.74 Å². The second kappa shape index (κ2) is 13.1. The predicted molar refractivity (Wildman–Crippen MR) is 194 cm³/mol. The zero-order valence-electron chi connectivity index (χ0n) is 32.2. The summed E-state index contributed by atoms with van der Waals surface area (Å²) in [5.41, 5.74) is 1.75. The van der Waals surface area contributed by atoms with E-state index in [0.29, 0.717) is 36.0 Å². The molecule has 5 aliphatic rings. The minimum absolute atomic E-state index is 0.0646. The van der Waals surface area contributed by atoms with Crippen molar-refractivity contribution < 1.29 is 24.2 Å². The summed E-state index contributed by atoms with van der Waals surface area (Å²) in [7, 11) is 0. The van der Waals surface area contributed by atoms with Gasteiger partial charge in [0, 0.05) is 23.7 Å². The van der Waals surface area contributed by atoms with Crippen LogP contribution in [0.5, 0.6) is 0 Å². The highest BCUT2D eigenvalue weighted by molar-refractivity contribution is 6.01. The summed E-state index contributed by atoms with van der Waals surface area (Å²) < 4.78 is 6.16. The molecule has 276 valence electrons. The number of Topliss-reactive ketones (excluding diaryl/α,β-unsaturated/α-hetero) is 1. The topological polar surface area (TPSA) is 118 Å². The Hall–Kier alpha value is -2.61. The number of nitrogens with zero attached hydrogens (tertiary/aromatic N) is 2. The Bertz CT molecular complexity index is 1520. The smallest absolute Gasteiger partial charge is 0.309 e. The van der Waals surface area contributed by atoms with Crippen LogP contribution in [0.3, 0.4) is 0 Å². The van der Waals surface area contributed by atoms with Crippen molar-refractivity contribution >= 4 is 17.7 Å². The lowest BCUT2D eigenvalue weighted by Gasteiger charge is -2.71. The monoisotopic (exact) mass is 689 g/mol. The van der Waals surface area contributed by atoms with Gasteiger partial charge in [-0.2, -0.15) is 0 Å². The number of allylic oxidation sites excluding steroid dienone is 2. The number of hydrogen-bond donors (Lipinski definition) is 2. The SMILES string of the molecule is CC(C)C1=C2C(CC[C@]3(C)[C@@H]2CC[C@@H]2[C@@]4(C)CC[C@H](OC(=O)CC(C)(C)C(=O)O)C(C)(C)[C@@H]4CC[C@]23C)[C@H](CCNCc2ncccn2)C1=O. The molecule has 4 saturated carbocycles. The van der Waals surface area contributed by atoms with Crippen molar-refractivity contribution in [2.45, 2.75) is 139 Å². The van der Waals surface area contributed by atoms with E-state index in [1.807, 2.05) is 6.07 Å². The number of carbonyl (C=O) groups is 3. The Labute approximate surface area is 300 Å². The van der Waals surface area contributed by atoms with Crippen LogP contribution in [0.15, 0.2) is 29.6 Å². The van der Waals surface area contributed by atoms with Gasteiger partial charge in [0.2, 0.25) is 0 Å². The normalized spacial score (nSPS) is 37.8. The van der Waals surface area contributed by atoms with Crippen LogP contribution in [0.2, 0.25) is 0 Å². The second-order valence-electron chi connectivity index (χ2n) is 19.1. The number of carbonyl (C=O) groups excluding carboxylic acids is 2. The van der Waals surface area contributed by atoms with Crippen LogP contribution in [-0.2, 0) is 25.7 Å². The number of esters is 1. The molecule has 8 heteroatoms. The van der Waals surface area contributed by atoms with Crippen LogP contribution >= 0.6 is 0 Å². The van der Waals surface area contributed by atoms with Crippen LogP contribution < -0.4 is 5.32 Å². The number of aliphatic carboxylic acids is 1. The lowest BCUT2D eigenvalue weighted by atomic mass is 9.33. The summed E-state index contributed by atoms with van der Waals surface area (Å²) in [4.78, 5) is 47.7. The van der Waals surface area contributed by atoms with Gasteiger partial charge < -0.3 is 15.2 Å². The molecule has 8 nitrogen and oxygen atoms in total. The van der Waals surface area contributed by atoms with E-state index >= 15 is 0 Å². The lowest BCUT2D eigenvalue weighted by molar-refractivity contribution is -0.232. The Morgan fingerprint density at radius 1 is 0.960 bits per heavy atom. The average molecular weight is 690 g/mol. The highest BCUT2D eigenvalue weighted by Crippen LogP contribution is 2.75. The minimum atomic E-state index is -1.15. The van der Waals surface area contributed by atoms with Crippen molar-refractivity contribution in [3.8, 4) is 0 Å². The lowest BCUT2D eigenvalue weighted by Crippen LogP contribution is -2.65. The van der Waals surface area contributed by atoms with Gasteiger partial charge in [-0.3, -0.25) is 14.4 Å². The number of rotatable bonds is 10. The van der Waals surface area contributed by atoms with Gasteiger partial charge in [-0.1, -0.05) is 54.0 Å². The molecule has 4 fully saturated rings. The molecule has 5 aliphatic carbocycles. The molecule has 6 rings (SSSR count). The summed E-state index contributed by atoms with van der Waals surface area (Å²) in [6.45, 7) is 21.4. The van der Waals surface area contributed by atoms with E-state index in [1.165, 1.54) is 18.4 Å². The van der Waals surface area contributed by atoms with Crippen LogP contribution in [0.25, 0.3) is 0 Å². The van der Waals surface area contributed by atoms with Gasteiger partial charge in [0.05, 0.1) is 18.4 Å². The fourth-order valence-electron chi connectivity index (χ4n) is 12.7. The quantitative estimate of drug-likeness (QED) is 0.186. The predicted octanol–water partition coefficient (Wildman–Crippen LogP) is 8.21. The molecule has 0 spiro atoms. The van der Waals surface area contributed by atoms with Crippen molar-refractivity contribution in [2.24, 2.45) is 62.6 Å². The molecule has 1 unspecified atom stereocenters. The van der Waals surface area contributed by atoms with E-state index in [-0.39, 0.29) is 46.0 Å². The highest BCUT2D eigenvalue weighted by atomic mass is 16.5. The fraction of sp³-hybridized carbons (Fsp3) is 0.786. The van der Waals surface area contributed by atoms with Gasteiger partial charge in [0.1, 0.15) is 11.9 Å². The first-order valence-corrected chi connectivity index (χ1v) is 19.6. The maximum absolute atomic E-state index is 14.3. The van der Waals surface area contributed by atoms with Crippen molar-refractivity contribution in [1.82, 2.24) is 15.3 Å². The molecule has 1 heterocycles. The summed E-state index contributed by atoms with van der Waals surface area (Å²) >= 11 is 0. The van der Waals surface area contributed by atoms with E-state index in [1.54, 1.807) is 26.2 Å². The van der Waals surface area contributed by atoms with Crippen LogP contribution in [0, 0.1) is 62.6 Å². The van der Waals surface area contributed by atoms with Crippen LogP contribution in [0.1, 0.15) is 132 Å². The van der Waals surface area contributed by atoms with E-state index in [9.17, 15) is 19.5 Å². The van der Waals surface area contributed by atoms with Crippen molar-refractivity contribution in [3.63, 3.8) is 0 Å². The second-order valence-corrected chi connectivity index (χ2v) is 19.1. The van der Waals surface area contributed by atoms with Gasteiger partial charge in [-0.05, 0) is 136 Å². The average Bonchev–Trinajstić information content (AvgIpc) is 3.32. The van der Waals surface area contributed by atoms with Gasteiger partial charge >= 0.3 is 11.9 Å². The zero-order chi connectivity index (χ0) is 36.4. The van der Waals surface area contributed by atoms with E-state index < -0.39 is 17.4 Å². The van der Waals surface area contributed by atoms with E-state index in [2.05, 4.69) is 63.8 Å². The number of hydrogen-bond acceptors (Lipinski definition) is 7. The number of fused-ring (bicyclic) bond motifs is 7. The molecule has 1 aromatic heterocycles. The first-order valence-electron chi connectivity index (χ1n) is 19.6.